The van der Waals surface area contributed by atoms with Gasteiger partial charge in [-0.2, -0.15) is 0 Å². The fraction of sp³-hybridized carbons (Fsp3) is 0.462. The molecule has 2 rings (SSSR count). The number of aldehydes is 1. The third kappa shape index (κ3) is 2.97. The van der Waals surface area contributed by atoms with Gasteiger partial charge in [-0.3, -0.25) is 4.79 Å². The van der Waals surface area contributed by atoms with Crippen LogP contribution in [-0.4, -0.2) is 32.7 Å². The van der Waals surface area contributed by atoms with Gasteiger partial charge >= 0.3 is 0 Å². The molecule has 0 amide bonds. The van der Waals surface area contributed by atoms with Crippen molar-refractivity contribution in [2.45, 2.75) is 18.9 Å². The number of methoxy groups -OCH3 is 1. The molecule has 4 heteroatoms. The molecular formula is C13H16O4. The van der Waals surface area contributed by atoms with Crippen LogP contribution in [0.25, 0.3) is 0 Å². The van der Waals surface area contributed by atoms with Crippen LogP contribution in [-0.2, 0) is 4.74 Å². The zero-order chi connectivity index (χ0) is 12.1. The Morgan fingerprint density at radius 3 is 3.00 bits per heavy atom. The quantitative estimate of drug-likeness (QED) is 0.751. The number of ether oxygens (including phenoxy) is 3. The molecule has 92 valence electrons. The number of hydrogen-bond donors (Lipinski definition) is 0. The third-order valence-electron chi connectivity index (χ3n) is 2.76. The lowest BCUT2D eigenvalue weighted by Gasteiger charge is -2.24. The van der Waals surface area contributed by atoms with Crippen LogP contribution in [0.15, 0.2) is 18.2 Å². The van der Waals surface area contributed by atoms with E-state index in [0.717, 1.165) is 25.7 Å². The molecule has 1 aromatic rings. The zero-order valence-electron chi connectivity index (χ0n) is 9.85. The molecule has 1 atom stereocenters. The van der Waals surface area contributed by atoms with Crippen molar-refractivity contribution in [1.82, 2.24) is 0 Å². The molecule has 4 nitrogen and oxygen atoms in total. The molecule has 0 N–H and O–H groups in total. The van der Waals surface area contributed by atoms with Crippen molar-refractivity contribution in [3.63, 3.8) is 0 Å². The summed E-state index contributed by atoms with van der Waals surface area (Å²) in [6.07, 6.45) is 2.78. The van der Waals surface area contributed by atoms with Crippen molar-refractivity contribution < 1.29 is 19.0 Å². The minimum atomic E-state index is 0.0378. The van der Waals surface area contributed by atoms with E-state index in [-0.39, 0.29) is 6.10 Å². The standard InChI is InChI=1S/C13H16O4/c1-15-11-4-5-13(10(7-11)8-14)17-12-3-2-6-16-9-12/h4-5,7-8,12H,2-3,6,9H2,1H3. The van der Waals surface area contributed by atoms with E-state index >= 15 is 0 Å². The first-order valence-corrected chi connectivity index (χ1v) is 5.71. The highest BCUT2D eigenvalue weighted by molar-refractivity contribution is 5.80. The van der Waals surface area contributed by atoms with Crippen molar-refractivity contribution in [2.24, 2.45) is 0 Å². The van der Waals surface area contributed by atoms with Crippen molar-refractivity contribution in [3.8, 4) is 11.5 Å². The zero-order valence-corrected chi connectivity index (χ0v) is 9.85. The van der Waals surface area contributed by atoms with Gasteiger partial charge in [0.25, 0.3) is 0 Å². The van der Waals surface area contributed by atoms with Crippen LogP contribution >= 0.6 is 0 Å². The Bertz CT molecular complexity index is 383. The highest BCUT2D eigenvalue weighted by Gasteiger charge is 2.17. The molecule has 0 aromatic heterocycles. The predicted molar refractivity (Wildman–Crippen MR) is 62.9 cm³/mol. The van der Waals surface area contributed by atoms with Gasteiger partial charge in [-0.25, -0.2) is 0 Å². The number of rotatable bonds is 4. The van der Waals surface area contributed by atoms with E-state index in [4.69, 9.17) is 14.2 Å². The molecule has 0 saturated carbocycles. The Morgan fingerprint density at radius 2 is 2.35 bits per heavy atom. The highest BCUT2D eigenvalue weighted by atomic mass is 16.5. The van der Waals surface area contributed by atoms with Crippen LogP contribution in [0.5, 0.6) is 11.5 Å². The lowest BCUT2D eigenvalue weighted by molar-refractivity contribution is 0.00718. The number of benzene rings is 1. The summed E-state index contributed by atoms with van der Waals surface area (Å²) in [6, 6.07) is 5.22. The topological polar surface area (TPSA) is 44.8 Å². The van der Waals surface area contributed by atoms with E-state index in [9.17, 15) is 4.79 Å². The molecule has 0 radical (unpaired) electrons. The minimum Gasteiger partial charge on any atom is -0.497 e. The van der Waals surface area contributed by atoms with E-state index < -0.39 is 0 Å². The van der Waals surface area contributed by atoms with Gasteiger partial charge in [-0.05, 0) is 31.0 Å². The van der Waals surface area contributed by atoms with E-state index in [1.807, 2.05) is 0 Å². The van der Waals surface area contributed by atoms with E-state index in [0.29, 0.717) is 23.7 Å². The maximum atomic E-state index is 11.0. The summed E-state index contributed by atoms with van der Waals surface area (Å²) in [5, 5.41) is 0. The van der Waals surface area contributed by atoms with Crippen LogP contribution in [0.2, 0.25) is 0 Å². The molecule has 1 saturated heterocycles. The van der Waals surface area contributed by atoms with Gasteiger partial charge < -0.3 is 14.2 Å². The number of carbonyl (C=O) groups excluding carboxylic acids is 1. The molecular weight excluding hydrogens is 220 g/mol. The maximum absolute atomic E-state index is 11.0. The number of hydrogen-bond acceptors (Lipinski definition) is 4. The summed E-state index contributed by atoms with van der Waals surface area (Å²) >= 11 is 0. The minimum absolute atomic E-state index is 0.0378. The second-order valence-corrected chi connectivity index (χ2v) is 3.98. The normalized spacial score (nSPS) is 19.7. The van der Waals surface area contributed by atoms with Gasteiger partial charge in [0, 0.05) is 6.61 Å². The van der Waals surface area contributed by atoms with E-state index in [1.54, 1.807) is 25.3 Å². The average molecular weight is 236 g/mol. The maximum Gasteiger partial charge on any atom is 0.153 e. The molecule has 1 heterocycles. The third-order valence-corrected chi connectivity index (χ3v) is 2.76. The van der Waals surface area contributed by atoms with Gasteiger partial charge in [0.1, 0.15) is 17.6 Å². The predicted octanol–water partition coefficient (Wildman–Crippen LogP) is 2.07. The largest absolute Gasteiger partial charge is 0.497 e. The molecule has 1 fully saturated rings. The van der Waals surface area contributed by atoms with Crippen molar-refractivity contribution in [2.75, 3.05) is 20.3 Å². The average Bonchev–Trinajstić information content (AvgIpc) is 2.40. The molecule has 1 aliphatic heterocycles. The Hall–Kier alpha value is -1.55. The van der Waals surface area contributed by atoms with Gasteiger partial charge in [-0.15, -0.1) is 0 Å². The van der Waals surface area contributed by atoms with Gasteiger partial charge in [0.05, 0.1) is 19.3 Å². The monoisotopic (exact) mass is 236 g/mol. The second-order valence-electron chi connectivity index (χ2n) is 3.98. The summed E-state index contributed by atoms with van der Waals surface area (Å²) in [6.45, 7) is 1.38. The Balaban J connectivity index is 2.11. The molecule has 1 aliphatic rings. The smallest absolute Gasteiger partial charge is 0.153 e. The Kier molecular flexibility index (Phi) is 3.98. The van der Waals surface area contributed by atoms with Crippen molar-refractivity contribution in [1.29, 1.82) is 0 Å². The Labute approximate surface area is 100 Å². The Morgan fingerprint density at radius 1 is 1.47 bits per heavy atom. The summed E-state index contributed by atoms with van der Waals surface area (Å²) in [5.74, 6) is 1.25. The molecule has 1 aromatic carbocycles. The first-order chi connectivity index (χ1) is 8.33. The van der Waals surface area contributed by atoms with E-state index in [1.165, 1.54) is 0 Å². The number of carbonyl (C=O) groups is 1. The van der Waals surface area contributed by atoms with E-state index in [2.05, 4.69) is 0 Å². The molecule has 0 bridgehead atoms. The fourth-order valence-corrected chi connectivity index (χ4v) is 1.84. The van der Waals surface area contributed by atoms with Gasteiger partial charge in [-0.1, -0.05) is 0 Å². The van der Waals surface area contributed by atoms with Crippen LogP contribution in [0.4, 0.5) is 0 Å². The lowest BCUT2D eigenvalue weighted by Crippen LogP contribution is -2.28. The summed E-state index contributed by atoms with van der Waals surface area (Å²) in [4.78, 5) is 11.0. The van der Waals surface area contributed by atoms with Crippen molar-refractivity contribution >= 4 is 6.29 Å². The summed E-state index contributed by atoms with van der Waals surface area (Å²) in [5.41, 5.74) is 0.509. The SMILES string of the molecule is COc1ccc(OC2CCCOC2)c(C=O)c1. The molecule has 17 heavy (non-hydrogen) atoms. The first kappa shape index (κ1) is 11.9. The van der Waals surface area contributed by atoms with Gasteiger partial charge in [0.15, 0.2) is 6.29 Å². The van der Waals surface area contributed by atoms with Crippen LogP contribution in [0.1, 0.15) is 23.2 Å². The van der Waals surface area contributed by atoms with Gasteiger partial charge in [0.2, 0.25) is 0 Å². The highest BCUT2D eigenvalue weighted by Crippen LogP contribution is 2.25. The first-order valence-electron chi connectivity index (χ1n) is 5.71. The summed E-state index contributed by atoms with van der Waals surface area (Å²) in [7, 11) is 1.57. The molecule has 0 spiro atoms. The van der Waals surface area contributed by atoms with Crippen LogP contribution in [0.3, 0.4) is 0 Å². The lowest BCUT2D eigenvalue weighted by atomic mass is 10.1. The fourth-order valence-electron chi connectivity index (χ4n) is 1.84. The van der Waals surface area contributed by atoms with Crippen LogP contribution in [0, 0.1) is 0 Å². The summed E-state index contributed by atoms with van der Waals surface area (Å²) < 4.78 is 16.2. The second kappa shape index (κ2) is 5.68. The van der Waals surface area contributed by atoms with Crippen molar-refractivity contribution in [3.05, 3.63) is 23.8 Å². The molecule has 0 aliphatic carbocycles. The molecule has 1 unspecified atom stereocenters. The van der Waals surface area contributed by atoms with Crippen LogP contribution < -0.4 is 9.47 Å².